The van der Waals surface area contributed by atoms with E-state index in [2.05, 4.69) is 29.1 Å². The van der Waals surface area contributed by atoms with Crippen molar-refractivity contribution in [2.75, 3.05) is 6.54 Å². The van der Waals surface area contributed by atoms with Gasteiger partial charge in [-0.05, 0) is 35.4 Å². The predicted molar refractivity (Wildman–Crippen MR) is 71.4 cm³/mol. The van der Waals surface area contributed by atoms with Crippen molar-refractivity contribution in [3.63, 3.8) is 0 Å². The molecule has 0 amide bonds. The van der Waals surface area contributed by atoms with Crippen LogP contribution in [0.15, 0.2) is 46.0 Å². The summed E-state index contributed by atoms with van der Waals surface area (Å²) >= 11 is 1.70. The first-order valence-corrected chi connectivity index (χ1v) is 6.62. The molecule has 0 radical (unpaired) electrons. The highest BCUT2D eigenvalue weighted by Crippen LogP contribution is 2.14. The summed E-state index contributed by atoms with van der Waals surface area (Å²) in [4.78, 5) is 11.5. The van der Waals surface area contributed by atoms with Crippen LogP contribution in [0.25, 0.3) is 0 Å². The Hall–Kier alpha value is -1.39. The van der Waals surface area contributed by atoms with E-state index in [1.54, 1.807) is 28.0 Å². The molecule has 3 nitrogen and oxygen atoms in total. The highest BCUT2D eigenvalue weighted by atomic mass is 32.1. The normalized spacial score (nSPS) is 12.5. The molecular formula is C13H16N2OS. The third kappa shape index (κ3) is 3.28. The van der Waals surface area contributed by atoms with Gasteiger partial charge in [-0.25, -0.2) is 0 Å². The summed E-state index contributed by atoms with van der Waals surface area (Å²) in [6, 6.07) is 7.68. The molecule has 2 aromatic heterocycles. The molecule has 2 heterocycles. The van der Waals surface area contributed by atoms with E-state index in [-0.39, 0.29) is 5.56 Å². The second kappa shape index (κ2) is 5.80. The average molecular weight is 248 g/mol. The molecule has 0 spiro atoms. The summed E-state index contributed by atoms with van der Waals surface area (Å²) in [7, 11) is 0. The van der Waals surface area contributed by atoms with E-state index in [1.165, 1.54) is 5.56 Å². The summed E-state index contributed by atoms with van der Waals surface area (Å²) in [5.74, 6) is 0. The van der Waals surface area contributed by atoms with E-state index >= 15 is 0 Å². The molecule has 17 heavy (non-hydrogen) atoms. The Morgan fingerprint density at radius 3 is 3.00 bits per heavy atom. The lowest BCUT2D eigenvalue weighted by atomic mass is 10.2. The second-order valence-corrected chi connectivity index (χ2v) is 4.74. The highest BCUT2D eigenvalue weighted by molar-refractivity contribution is 7.07. The molecule has 0 aromatic carbocycles. The maximum atomic E-state index is 11.5. The molecule has 90 valence electrons. The van der Waals surface area contributed by atoms with Crippen molar-refractivity contribution in [3.05, 3.63) is 57.1 Å². The van der Waals surface area contributed by atoms with Gasteiger partial charge in [-0.3, -0.25) is 4.79 Å². The molecule has 2 aromatic rings. The van der Waals surface area contributed by atoms with Crippen molar-refractivity contribution in [2.45, 2.75) is 19.5 Å². The summed E-state index contributed by atoms with van der Waals surface area (Å²) in [5.41, 5.74) is 1.35. The zero-order valence-corrected chi connectivity index (χ0v) is 10.6. The lowest BCUT2D eigenvalue weighted by Gasteiger charge is -2.13. The fourth-order valence-corrected chi connectivity index (χ4v) is 2.44. The van der Waals surface area contributed by atoms with Crippen LogP contribution in [0.3, 0.4) is 0 Å². The van der Waals surface area contributed by atoms with E-state index in [0.29, 0.717) is 12.6 Å². The molecule has 0 fully saturated rings. The first kappa shape index (κ1) is 12.1. The van der Waals surface area contributed by atoms with Crippen molar-refractivity contribution in [2.24, 2.45) is 0 Å². The van der Waals surface area contributed by atoms with E-state index < -0.39 is 0 Å². The van der Waals surface area contributed by atoms with E-state index in [4.69, 9.17) is 0 Å². The van der Waals surface area contributed by atoms with Crippen LogP contribution in [0.1, 0.15) is 18.5 Å². The monoisotopic (exact) mass is 248 g/mol. The van der Waals surface area contributed by atoms with Crippen LogP contribution in [0, 0.1) is 0 Å². The topological polar surface area (TPSA) is 34.0 Å². The Morgan fingerprint density at radius 2 is 2.29 bits per heavy atom. The van der Waals surface area contributed by atoms with Gasteiger partial charge in [-0.1, -0.05) is 6.07 Å². The van der Waals surface area contributed by atoms with Gasteiger partial charge in [0.1, 0.15) is 0 Å². The minimum atomic E-state index is 0.0532. The molecule has 0 saturated heterocycles. The third-order valence-corrected chi connectivity index (χ3v) is 3.45. The first-order chi connectivity index (χ1) is 8.27. The van der Waals surface area contributed by atoms with Crippen LogP contribution < -0.4 is 10.9 Å². The van der Waals surface area contributed by atoms with Gasteiger partial charge in [0, 0.05) is 31.4 Å². The Kier molecular flexibility index (Phi) is 4.12. The number of pyridine rings is 1. The van der Waals surface area contributed by atoms with E-state index in [0.717, 1.165) is 6.54 Å². The van der Waals surface area contributed by atoms with Crippen LogP contribution >= 0.6 is 11.3 Å². The molecule has 1 atom stereocenters. The maximum absolute atomic E-state index is 11.5. The van der Waals surface area contributed by atoms with Gasteiger partial charge in [0.15, 0.2) is 0 Å². The largest absolute Gasteiger partial charge is 0.314 e. The van der Waals surface area contributed by atoms with Gasteiger partial charge < -0.3 is 9.88 Å². The number of rotatable bonds is 5. The Labute approximate surface area is 105 Å². The van der Waals surface area contributed by atoms with Gasteiger partial charge >= 0.3 is 0 Å². The second-order valence-electron chi connectivity index (χ2n) is 3.96. The third-order valence-electron chi connectivity index (χ3n) is 2.75. The number of aromatic nitrogens is 1. The molecule has 1 N–H and O–H groups in total. The smallest absolute Gasteiger partial charge is 0.250 e. The van der Waals surface area contributed by atoms with Gasteiger partial charge in [-0.2, -0.15) is 11.3 Å². The highest BCUT2D eigenvalue weighted by Gasteiger charge is 2.04. The van der Waals surface area contributed by atoms with Crippen molar-refractivity contribution < 1.29 is 0 Å². The summed E-state index contributed by atoms with van der Waals surface area (Å²) in [6.07, 6.45) is 1.82. The van der Waals surface area contributed by atoms with Crippen molar-refractivity contribution in [1.82, 2.24) is 9.88 Å². The Morgan fingerprint density at radius 1 is 1.41 bits per heavy atom. The van der Waals surface area contributed by atoms with Gasteiger partial charge in [0.2, 0.25) is 0 Å². The number of nitrogens with zero attached hydrogens (tertiary/aromatic N) is 1. The quantitative estimate of drug-likeness (QED) is 0.880. The molecule has 1 unspecified atom stereocenters. The molecule has 0 aliphatic heterocycles. The fraction of sp³-hybridized carbons (Fsp3) is 0.308. The standard InChI is InChI=1S/C13H16N2OS/c1-11(12-5-9-17-10-12)14-6-8-15-7-3-2-4-13(15)16/h2-5,7,9-11,14H,6,8H2,1H3. The van der Waals surface area contributed by atoms with Crippen LogP contribution in [0.4, 0.5) is 0 Å². The van der Waals surface area contributed by atoms with Crippen molar-refractivity contribution in [3.8, 4) is 0 Å². The van der Waals surface area contributed by atoms with Crippen molar-refractivity contribution >= 4 is 11.3 Å². The minimum absolute atomic E-state index is 0.0532. The van der Waals surface area contributed by atoms with E-state index in [9.17, 15) is 4.79 Å². The number of hydrogen-bond acceptors (Lipinski definition) is 3. The molecule has 0 aliphatic carbocycles. The van der Waals surface area contributed by atoms with Crippen LogP contribution in [-0.2, 0) is 6.54 Å². The first-order valence-electron chi connectivity index (χ1n) is 5.68. The van der Waals surface area contributed by atoms with E-state index in [1.807, 2.05) is 12.3 Å². The minimum Gasteiger partial charge on any atom is -0.314 e. The number of nitrogens with one attached hydrogen (secondary N) is 1. The predicted octanol–water partition coefficient (Wildman–Crippen LogP) is 2.26. The Balaban J connectivity index is 1.84. The molecular weight excluding hydrogens is 232 g/mol. The summed E-state index contributed by atoms with van der Waals surface area (Å²) in [6.45, 7) is 3.63. The number of thiophene rings is 1. The Bertz CT molecular complexity index is 504. The molecule has 0 saturated carbocycles. The average Bonchev–Trinajstić information content (AvgIpc) is 2.85. The number of hydrogen-bond donors (Lipinski definition) is 1. The molecule has 0 bridgehead atoms. The van der Waals surface area contributed by atoms with Crippen LogP contribution in [0.5, 0.6) is 0 Å². The summed E-state index contributed by atoms with van der Waals surface area (Å²) < 4.78 is 1.72. The van der Waals surface area contributed by atoms with Gasteiger partial charge in [0.25, 0.3) is 5.56 Å². The zero-order chi connectivity index (χ0) is 12.1. The molecule has 4 heteroatoms. The lowest BCUT2D eigenvalue weighted by molar-refractivity contribution is 0.525. The maximum Gasteiger partial charge on any atom is 0.250 e. The summed E-state index contributed by atoms with van der Waals surface area (Å²) in [5, 5.41) is 7.63. The van der Waals surface area contributed by atoms with Crippen LogP contribution in [0.2, 0.25) is 0 Å². The zero-order valence-electron chi connectivity index (χ0n) is 9.80. The van der Waals surface area contributed by atoms with Crippen LogP contribution in [-0.4, -0.2) is 11.1 Å². The van der Waals surface area contributed by atoms with Crippen molar-refractivity contribution in [1.29, 1.82) is 0 Å². The SMILES string of the molecule is CC(NCCn1ccccc1=O)c1ccsc1. The van der Waals surface area contributed by atoms with Gasteiger partial charge in [0.05, 0.1) is 0 Å². The molecule has 0 aliphatic rings. The molecule has 2 rings (SSSR count). The fourth-order valence-electron chi connectivity index (χ4n) is 1.69. The van der Waals surface area contributed by atoms with Gasteiger partial charge in [-0.15, -0.1) is 0 Å². The lowest BCUT2D eigenvalue weighted by Crippen LogP contribution is -2.27.